The van der Waals surface area contributed by atoms with Crippen LogP contribution in [0.2, 0.25) is 0 Å². The van der Waals surface area contributed by atoms with Crippen LogP contribution in [0, 0.1) is 3.57 Å². The molecule has 17 heavy (non-hydrogen) atoms. The largest absolute Gasteiger partial charge is 0.325 e. The van der Waals surface area contributed by atoms with Crippen molar-refractivity contribution in [3.63, 3.8) is 0 Å². The smallest absolute Gasteiger partial charge is 0.321 e. The van der Waals surface area contributed by atoms with Crippen LogP contribution in [-0.2, 0) is 0 Å². The zero-order chi connectivity index (χ0) is 12.1. The van der Waals surface area contributed by atoms with Crippen molar-refractivity contribution in [1.29, 1.82) is 0 Å². The van der Waals surface area contributed by atoms with E-state index in [4.69, 9.17) is 0 Å². The first kappa shape index (κ1) is 12.7. The first-order valence-electron chi connectivity index (χ1n) is 6.07. The van der Waals surface area contributed by atoms with E-state index in [0.29, 0.717) is 0 Å². The van der Waals surface area contributed by atoms with E-state index < -0.39 is 0 Å². The standard InChI is InChI=1S/C13H17IN2O/c14-11-5-7-12(8-6-11)15-13(17)16-9-3-1-2-4-10-16/h5-8H,1-4,9-10H2,(H,15,17). The summed E-state index contributed by atoms with van der Waals surface area (Å²) in [6.07, 6.45) is 4.74. The van der Waals surface area contributed by atoms with Crippen LogP contribution in [0.15, 0.2) is 24.3 Å². The SMILES string of the molecule is O=C(Nc1ccc(I)cc1)N1CCCCCC1. The van der Waals surface area contributed by atoms with Crippen LogP contribution in [-0.4, -0.2) is 24.0 Å². The van der Waals surface area contributed by atoms with Crippen LogP contribution in [0.4, 0.5) is 10.5 Å². The molecule has 2 amide bonds. The summed E-state index contributed by atoms with van der Waals surface area (Å²) in [6, 6.07) is 7.92. The van der Waals surface area contributed by atoms with Crippen molar-refractivity contribution in [2.24, 2.45) is 0 Å². The molecule has 2 rings (SSSR count). The minimum atomic E-state index is 0.0353. The molecule has 92 valence electrons. The molecule has 0 saturated carbocycles. The van der Waals surface area contributed by atoms with Crippen LogP contribution < -0.4 is 5.32 Å². The number of carbonyl (C=O) groups excluding carboxylic acids is 1. The molecule has 0 aromatic heterocycles. The van der Waals surface area contributed by atoms with E-state index in [2.05, 4.69) is 27.9 Å². The van der Waals surface area contributed by atoms with Crippen LogP contribution in [0.5, 0.6) is 0 Å². The van der Waals surface area contributed by atoms with E-state index in [1.54, 1.807) is 0 Å². The number of urea groups is 1. The van der Waals surface area contributed by atoms with Gasteiger partial charge >= 0.3 is 6.03 Å². The van der Waals surface area contributed by atoms with Gasteiger partial charge in [0.05, 0.1) is 0 Å². The molecule has 1 aliphatic rings. The summed E-state index contributed by atoms with van der Waals surface area (Å²) in [5.41, 5.74) is 0.875. The zero-order valence-electron chi connectivity index (χ0n) is 9.79. The van der Waals surface area contributed by atoms with Gasteiger partial charge in [-0.05, 0) is 59.7 Å². The van der Waals surface area contributed by atoms with Gasteiger partial charge in [-0.25, -0.2) is 4.79 Å². The fourth-order valence-corrected chi connectivity index (χ4v) is 2.37. The van der Waals surface area contributed by atoms with Crippen LogP contribution in [0.1, 0.15) is 25.7 Å². The number of nitrogens with zero attached hydrogens (tertiary/aromatic N) is 1. The Morgan fingerprint density at radius 3 is 2.24 bits per heavy atom. The summed E-state index contributed by atoms with van der Waals surface area (Å²) in [4.78, 5) is 13.9. The van der Waals surface area contributed by atoms with Crippen LogP contribution >= 0.6 is 22.6 Å². The predicted octanol–water partition coefficient (Wildman–Crippen LogP) is 3.70. The van der Waals surface area contributed by atoms with E-state index >= 15 is 0 Å². The summed E-state index contributed by atoms with van der Waals surface area (Å²) in [5.74, 6) is 0. The summed E-state index contributed by atoms with van der Waals surface area (Å²) >= 11 is 2.26. The summed E-state index contributed by atoms with van der Waals surface area (Å²) < 4.78 is 1.18. The molecule has 0 spiro atoms. The van der Waals surface area contributed by atoms with Gasteiger partial charge in [0, 0.05) is 22.3 Å². The van der Waals surface area contributed by atoms with Crippen molar-refractivity contribution < 1.29 is 4.79 Å². The maximum atomic E-state index is 12.0. The molecule has 0 radical (unpaired) electrons. The Balaban J connectivity index is 1.93. The maximum absolute atomic E-state index is 12.0. The lowest BCUT2D eigenvalue weighted by atomic mass is 10.2. The zero-order valence-corrected chi connectivity index (χ0v) is 11.9. The van der Waals surface area contributed by atoms with Gasteiger partial charge in [0.25, 0.3) is 0 Å². The lowest BCUT2D eigenvalue weighted by Crippen LogP contribution is -2.35. The highest BCUT2D eigenvalue weighted by molar-refractivity contribution is 14.1. The normalized spacial score (nSPS) is 16.4. The number of benzene rings is 1. The number of anilines is 1. The first-order chi connectivity index (χ1) is 8.25. The fourth-order valence-electron chi connectivity index (χ4n) is 2.01. The Morgan fingerprint density at radius 2 is 1.65 bits per heavy atom. The van der Waals surface area contributed by atoms with Crippen molar-refractivity contribution >= 4 is 34.3 Å². The number of hydrogen-bond acceptors (Lipinski definition) is 1. The van der Waals surface area contributed by atoms with Gasteiger partial charge in [0.2, 0.25) is 0 Å². The molecule has 0 bridgehead atoms. The molecule has 1 fully saturated rings. The average molecular weight is 344 g/mol. The van der Waals surface area contributed by atoms with E-state index in [0.717, 1.165) is 31.6 Å². The Hall–Kier alpha value is -0.780. The van der Waals surface area contributed by atoms with Crippen molar-refractivity contribution in [2.75, 3.05) is 18.4 Å². The third kappa shape index (κ3) is 3.87. The van der Waals surface area contributed by atoms with Gasteiger partial charge in [-0.3, -0.25) is 0 Å². The summed E-state index contributed by atoms with van der Waals surface area (Å²) in [6.45, 7) is 1.77. The number of amides is 2. The monoisotopic (exact) mass is 344 g/mol. The highest BCUT2D eigenvalue weighted by Gasteiger charge is 2.14. The minimum Gasteiger partial charge on any atom is -0.325 e. The number of halogens is 1. The predicted molar refractivity (Wildman–Crippen MR) is 78.2 cm³/mol. The van der Waals surface area contributed by atoms with Gasteiger partial charge < -0.3 is 10.2 Å². The molecule has 1 aliphatic heterocycles. The summed E-state index contributed by atoms with van der Waals surface area (Å²) in [7, 11) is 0. The molecule has 3 nitrogen and oxygen atoms in total. The molecule has 1 aromatic carbocycles. The van der Waals surface area contributed by atoms with Crippen molar-refractivity contribution in [2.45, 2.75) is 25.7 Å². The van der Waals surface area contributed by atoms with E-state index in [1.165, 1.54) is 16.4 Å². The van der Waals surface area contributed by atoms with Crippen LogP contribution in [0.3, 0.4) is 0 Å². The second-order valence-electron chi connectivity index (χ2n) is 4.34. The third-order valence-corrected chi connectivity index (χ3v) is 3.71. The second kappa shape index (κ2) is 6.23. The lowest BCUT2D eigenvalue weighted by Gasteiger charge is -2.20. The molecule has 1 saturated heterocycles. The van der Waals surface area contributed by atoms with Crippen molar-refractivity contribution in [3.8, 4) is 0 Å². The molecule has 0 aliphatic carbocycles. The molecule has 0 atom stereocenters. The van der Waals surface area contributed by atoms with Gasteiger partial charge in [-0.15, -0.1) is 0 Å². The highest BCUT2D eigenvalue weighted by Crippen LogP contribution is 2.14. The molecular weight excluding hydrogens is 327 g/mol. The summed E-state index contributed by atoms with van der Waals surface area (Å²) in [5, 5.41) is 2.95. The molecule has 1 N–H and O–H groups in total. The van der Waals surface area contributed by atoms with Crippen molar-refractivity contribution in [3.05, 3.63) is 27.8 Å². The Labute approximate surface area is 116 Å². The van der Waals surface area contributed by atoms with E-state index in [1.807, 2.05) is 29.2 Å². The maximum Gasteiger partial charge on any atom is 0.321 e. The van der Waals surface area contributed by atoms with Gasteiger partial charge in [0.1, 0.15) is 0 Å². The number of hydrogen-bond donors (Lipinski definition) is 1. The average Bonchev–Trinajstić information content (AvgIpc) is 2.61. The van der Waals surface area contributed by atoms with Gasteiger partial charge in [-0.2, -0.15) is 0 Å². The first-order valence-corrected chi connectivity index (χ1v) is 7.15. The quantitative estimate of drug-likeness (QED) is 0.774. The topological polar surface area (TPSA) is 32.3 Å². The molecule has 1 aromatic rings. The third-order valence-electron chi connectivity index (χ3n) is 2.99. The van der Waals surface area contributed by atoms with Crippen LogP contribution in [0.25, 0.3) is 0 Å². The fraction of sp³-hybridized carbons (Fsp3) is 0.462. The Kier molecular flexibility index (Phi) is 4.65. The number of rotatable bonds is 1. The number of nitrogens with one attached hydrogen (secondary N) is 1. The van der Waals surface area contributed by atoms with E-state index in [9.17, 15) is 4.79 Å². The highest BCUT2D eigenvalue weighted by atomic mass is 127. The number of carbonyl (C=O) groups is 1. The second-order valence-corrected chi connectivity index (χ2v) is 5.58. The van der Waals surface area contributed by atoms with Crippen molar-refractivity contribution in [1.82, 2.24) is 4.90 Å². The molecule has 4 heteroatoms. The minimum absolute atomic E-state index is 0.0353. The Morgan fingerprint density at radius 1 is 1.06 bits per heavy atom. The number of likely N-dealkylation sites (tertiary alicyclic amines) is 1. The molecule has 1 heterocycles. The molecule has 0 unspecified atom stereocenters. The lowest BCUT2D eigenvalue weighted by molar-refractivity contribution is 0.214. The van der Waals surface area contributed by atoms with Gasteiger partial charge in [-0.1, -0.05) is 12.8 Å². The van der Waals surface area contributed by atoms with E-state index in [-0.39, 0.29) is 6.03 Å². The molecular formula is C13H17IN2O. The Bertz CT molecular complexity index is 370. The van der Waals surface area contributed by atoms with Gasteiger partial charge in [0.15, 0.2) is 0 Å².